The van der Waals surface area contributed by atoms with Crippen LogP contribution in [0, 0.1) is 11.8 Å². The van der Waals surface area contributed by atoms with E-state index in [-0.39, 0.29) is 17.6 Å². The molecule has 0 spiro atoms. The summed E-state index contributed by atoms with van der Waals surface area (Å²) in [6.07, 6.45) is 17.2. The molecule has 0 fully saturated rings. The SMILES string of the molecule is CC1(O)C=CC=CC1CCC(=O)CCC1C=CC=CC1(C)O. The zero-order valence-corrected chi connectivity index (χ0v) is 13.4. The lowest BCUT2D eigenvalue weighted by Gasteiger charge is -2.30. The van der Waals surface area contributed by atoms with E-state index in [0.29, 0.717) is 25.7 Å². The standard InChI is InChI=1S/C19H26O3/c1-18(21)13-5-3-7-15(18)9-11-17(20)12-10-16-8-4-6-14-19(16,2)22/h3-8,13-16,21-22H,9-12H2,1-2H3. The number of rotatable bonds is 6. The Kier molecular flexibility index (Phi) is 5.20. The molecule has 2 N–H and O–H groups in total. The van der Waals surface area contributed by atoms with Gasteiger partial charge < -0.3 is 10.2 Å². The Bertz CT molecular complexity index is 475. The maximum atomic E-state index is 12.1. The second kappa shape index (κ2) is 6.76. The molecular formula is C19H26O3. The fourth-order valence-electron chi connectivity index (χ4n) is 3.07. The van der Waals surface area contributed by atoms with Gasteiger partial charge in [-0.25, -0.2) is 0 Å². The van der Waals surface area contributed by atoms with Gasteiger partial charge in [0.2, 0.25) is 0 Å². The van der Waals surface area contributed by atoms with Crippen molar-refractivity contribution >= 4 is 5.78 Å². The molecule has 2 aliphatic carbocycles. The molecule has 3 nitrogen and oxygen atoms in total. The minimum atomic E-state index is -0.865. The van der Waals surface area contributed by atoms with Gasteiger partial charge in [0.1, 0.15) is 5.78 Å². The summed E-state index contributed by atoms with van der Waals surface area (Å²) in [7, 11) is 0. The number of ketones is 1. The lowest BCUT2D eigenvalue weighted by molar-refractivity contribution is -0.120. The summed E-state index contributed by atoms with van der Waals surface area (Å²) in [5.74, 6) is 0.168. The van der Waals surface area contributed by atoms with Crippen molar-refractivity contribution in [2.45, 2.75) is 50.7 Å². The number of hydrogen-bond acceptors (Lipinski definition) is 3. The van der Waals surface area contributed by atoms with Crippen LogP contribution in [0.25, 0.3) is 0 Å². The summed E-state index contributed by atoms with van der Waals surface area (Å²) in [6, 6.07) is 0. The Balaban J connectivity index is 1.77. The van der Waals surface area contributed by atoms with Crippen LogP contribution in [0.1, 0.15) is 39.5 Å². The minimum absolute atomic E-state index is 0.0120. The number of aliphatic hydroxyl groups is 2. The molecule has 0 aromatic rings. The van der Waals surface area contributed by atoms with Crippen molar-refractivity contribution in [3.8, 4) is 0 Å². The number of Topliss-reactive ketones (excluding diaryl/α,β-unsaturated/α-hetero) is 1. The largest absolute Gasteiger partial charge is 0.385 e. The zero-order chi connectivity index (χ0) is 16.2. The van der Waals surface area contributed by atoms with Gasteiger partial charge in [-0.3, -0.25) is 4.79 Å². The zero-order valence-electron chi connectivity index (χ0n) is 13.4. The third-order valence-corrected chi connectivity index (χ3v) is 4.75. The molecular weight excluding hydrogens is 276 g/mol. The van der Waals surface area contributed by atoms with Crippen LogP contribution in [0.3, 0.4) is 0 Å². The molecule has 0 aromatic carbocycles. The number of hydrogen-bond donors (Lipinski definition) is 2. The van der Waals surface area contributed by atoms with E-state index >= 15 is 0 Å². The van der Waals surface area contributed by atoms with E-state index in [2.05, 4.69) is 0 Å². The Morgan fingerprint density at radius 2 is 1.27 bits per heavy atom. The van der Waals surface area contributed by atoms with Gasteiger partial charge in [0.25, 0.3) is 0 Å². The predicted molar refractivity (Wildman–Crippen MR) is 88.3 cm³/mol. The van der Waals surface area contributed by atoms with E-state index in [9.17, 15) is 15.0 Å². The van der Waals surface area contributed by atoms with Gasteiger partial charge in [-0.05, 0) is 26.7 Å². The average molecular weight is 302 g/mol. The lowest BCUT2D eigenvalue weighted by atomic mass is 9.80. The summed E-state index contributed by atoms with van der Waals surface area (Å²) in [4.78, 5) is 12.1. The van der Waals surface area contributed by atoms with Crippen molar-refractivity contribution in [1.29, 1.82) is 0 Å². The highest BCUT2D eigenvalue weighted by atomic mass is 16.3. The molecule has 0 aromatic heterocycles. The van der Waals surface area contributed by atoms with Gasteiger partial charge in [0, 0.05) is 24.7 Å². The summed E-state index contributed by atoms with van der Waals surface area (Å²) < 4.78 is 0. The Hall–Kier alpha value is -1.45. The maximum absolute atomic E-state index is 12.1. The minimum Gasteiger partial charge on any atom is -0.385 e. The van der Waals surface area contributed by atoms with Crippen LogP contribution in [0.15, 0.2) is 48.6 Å². The third-order valence-electron chi connectivity index (χ3n) is 4.75. The van der Waals surface area contributed by atoms with Crippen LogP contribution in [-0.2, 0) is 4.79 Å². The van der Waals surface area contributed by atoms with Crippen LogP contribution in [0.5, 0.6) is 0 Å². The smallest absolute Gasteiger partial charge is 0.132 e. The fraction of sp³-hybridized carbons (Fsp3) is 0.526. The van der Waals surface area contributed by atoms with E-state index in [0.717, 1.165) is 0 Å². The number of carbonyl (C=O) groups is 1. The molecule has 0 amide bonds. The molecule has 3 heteroatoms. The van der Waals surface area contributed by atoms with Crippen molar-refractivity contribution in [3.63, 3.8) is 0 Å². The van der Waals surface area contributed by atoms with Crippen molar-refractivity contribution in [1.82, 2.24) is 0 Å². The fourth-order valence-corrected chi connectivity index (χ4v) is 3.07. The first-order valence-corrected chi connectivity index (χ1v) is 8.00. The van der Waals surface area contributed by atoms with Gasteiger partial charge >= 0.3 is 0 Å². The highest BCUT2D eigenvalue weighted by Crippen LogP contribution is 2.30. The van der Waals surface area contributed by atoms with Crippen molar-refractivity contribution in [2.24, 2.45) is 11.8 Å². The summed E-state index contributed by atoms with van der Waals surface area (Å²) in [5.41, 5.74) is -1.73. The highest BCUT2D eigenvalue weighted by molar-refractivity contribution is 5.78. The molecule has 0 bridgehead atoms. The van der Waals surface area contributed by atoms with Gasteiger partial charge in [-0.15, -0.1) is 0 Å². The van der Waals surface area contributed by atoms with E-state index < -0.39 is 11.2 Å². The van der Waals surface area contributed by atoms with Crippen LogP contribution >= 0.6 is 0 Å². The molecule has 2 rings (SSSR count). The Labute approximate surface area is 132 Å². The molecule has 0 saturated carbocycles. The summed E-state index contributed by atoms with van der Waals surface area (Å²) in [6.45, 7) is 3.55. The Morgan fingerprint density at radius 1 is 0.864 bits per heavy atom. The molecule has 22 heavy (non-hydrogen) atoms. The second-order valence-corrected chi connectivity index (χ2v) is 6.77. The first-order chi connectivity index (χ1) is 10.3. The highest BCUT2D eigenvalue weighted by Gasteiger charge is 2.30. The maximum Gasteiger partial charge on any atom is 0.132 e. The topological polar surface area (TPSA) is 57.5 Å². The normalized spacial score (nSPS) is 36.7. The van der Waals surface area contributed by atoms with Crippen LogP contribution in [-0.4, -0.2) is 27.2 Å². The van der Waals surface area contributed by atoms with Gasteiger partial charge in [-0.1, -0.05) is 48.6 Å². The van der Waals surface area contributed by atoms with Gasteiger partial charge in [0.05, 0.1) is 11.2 Å². The molecule has 0 aliphatic heterocycles. The summed E-state index contributed by atoms with van der Waals surface area (Å²) >= 11 is 0. The monoisotopic (exact) mass is 302 g/mol. The number of carbonyl (C=O) groups excluding carboxylic acids is 1. The third kappa shape index (κ3) is 4.28. The van der Waals surface area contributed by atoms with Crippen LogP contribution < -0.4 is 0 Å². The van der Waals surface area contributed by atoms with Crippen molar-refractivity contribution < 1.29 is 15.0 Å². The quantitative estimate of drug-likeness (QED) is 0.792. The van der Waals surface area contributed by atoms with Crippen LogP contribution in [0.4, 0.5) is 0 Å². The molecule has 4 unspecified atom stereocenters. The predicted octanol–water partition coefficient (Wildman–Crippen LogP) is 3.10. The molecule has 0 saturated heterocycles. The molecule has 120 valence electrons. The van der Waals surface area contributed by atoms with Crippen LogP contribution in [0.2, 0.25) is 0 Å². The van der Waals surface area contributed by atoms with Crippen molar-refractivity contribution in [3.05, 3.63) is 48.6 Å². The first-order valence-electron chi connectivity index (χ1n) is 8.00. The van der Waals surface area contributed by atoms with E-state index in [1.807, 2.05) is 36.5 Å². The summed E-state index contributed by atoms with van der Waals surface area (Å²) in [5, 5.41) is 20.5. The first kappa shape index (κ1) is 16.9. The second-order valence-electron chi connectivity index (χ2n) is 6.77. The van der Waals surface area contributed by atoms with E-state index in [1.54, 1.807) is 26.0 Å². The van der Waals surface area contributed by atoms with E-state index in [4.69, 9.17) is 0 Å². The Morgan fingerprint density at radius 3 is 1.64 bits per heavy atom. The molecule has 4 atom stereocenters. The molecule has 2 aliphatic rings. The van der Waals surface area contributed by atoms with E-state index in [1.165, 1.54) is 0 Å². The van der Waals surface area contributed by atoms with Gasteiger partial charge in [0.15, 0.2) is 0 Å². The molecule has 0 heterocycles. The average Bonchev–Trinajstić information content (AvgIpc) is 2.44. The molecule has 0 radical (unpaired) electrons. The van der Waals surface area contributed by atoms with Crippen molar-refractivity contribution in [2.75, 3.05) is 0 Å². The lowest BCUT2D eigenvalue weighted by Crippen LogP contribution is -2.33. The van der Waals surface area contributed by atoms with Gasteiger partial charge in [-0.2, -0.15) is 0 Å². The number of allylic oxidation sites excluding steroid dienone is 4.